The number of aryl methyl sites for hydroxylation is 1. The molecule has 0 aromatic carbocycles. The smallest absolute Gasteiger partial charge is 0.197 e. The zero-order valence-corrected chi connectivity index (χ0v) is 12.7. The molecule has 0 saturated carbocycles. The molecule has 96 valence electrons. The fourth-order valence-corrected chi connectivity index (χ4v) is 2.40. The molecule has 0 atom stereocenters. The van der Waals surface area contributed by atoms with Gasteiger partial charge in [0.1, 0.15) is 5.82 Å². The van der Waals surface area contributed by atoms with Crippen LogP contribution >= 0.6 is 22.6 Å². The summed E-state index contributed by atoms with van der Waals surface area (Å²) >= 11 is 2.30. The van der Waals surface area contributed by atoms with E-state index in [0.717, 1.165) is 34.5 Å². The Morgan fingerprint density at radius 2 is 2.17 bits per heavy atom. The van der Waals surface area contributed by atoms with Gasteiger partial charge >= 0.3 is 0 Å². The summed E-state index contributed by atoms with van der Waals surface area (Å²) in [5, 5.41) is 3.28. The minimum atomic E-state index is 0.653. The monoisotopic (exact) mass is 357 g/mol. The maximum Gasteiger partial charge on any atom is 0.197 e. The van der Waals surface area contributed by atoms with Gasteiger partial charge in [0.2, 0.25) is 0 Å². The van der Waals surface area contributed by atoms with Crippen LogP contribution in [0.2, 0.25) is 0 Å². The third-order valence-electron chi connectivity index (χ3n) is 2.49. The molecule has 0 aliphatic rings. The van der Waals surface area contributed by atoms with Crippen LogP contribution in [0.25, 0.3) is 11.6 Å². The number of nitrogens with zero attached hydrogens (tertiary/aromatic N) is 2. The molecule has 4 nitrogen and oxygen atoms in total. The molecule has 0 radical (unpaired) electrons. The number of anilines is 1. The molecular formula is C13H16IN3O. The molecule has 0 amide bonds. The van der Waals surface area contributed by atoms with E-state index in [1.54, 1.807) is 6.26 Å². The standard InChI is InChI=1S/C13H16IN3O/c1-3-6-9-11(14)13(15-4-2)17-12(16-9)10-7-5-8-18-10/h5,7-8H,3-4,6H2,1-2H3,(H,15,16,17). The largest absolute Gasteiger partial charge is 0.461 e. The summed E-state index contributed by atoms with van der Waals surface area (Å²) in [6, 6.07) is 3.73. The fraction of sp³-hybridized carbons (Fsp3) is 0.385. The summed E-state index contributed by atoms with van der Waals surface area (Å²) in [6.45, 7) is 5.05. The summed E-state index contributed by atoms with van der Waals surface area (Å²) in [7, 11) is 0. The van der Waals surface area contributed by atoms with E-state index in [0.29, 0.717) is 11.6 Å². The first-order chi connectivity index (χ1) is 8.76. The average Bonchev–Trinajstić information content (AvgIpc) is 2.88. The normalized spacial score (nSPS) is 10.6. The van der Waals surface area contributed by atoms with Crippen LogP contribution in [0.5, 0.6) is 0 Å². The van der Waals surface area contributed by atoms with Gasteiger partial charge in [-0.3, -0.25) is 0 Å². The maximum absolute atomic E-state index is 5.37. The minimum Gasteiger partial charge on any atom is -0.461 e. The van der Waals surface area contributed by atoms with Crippen LogP contribution in [-0.2, 0) is 6.42 Å². The second-order valence-corrected chi connectivity index (χ2v) is 4.99. The Bertz CT molecular complexity index is 484. The van der Waals surface area contributed by atoms with Gasteiger partial charge in [-0.05, 0) is 48.1 Å². The van der Waals surface area contributed by atoms with E-state index in [1.165, 1.54) is 0 Å². The number of rotatable bonds is 5. The molecule has 2 heterocycles. The van der Waals surface area contributed by atoms with Crippen LogP contribution in [0.1, 0.15) is 26.0 Å². The molecule has 0 bridgehead atoms. The molecule has 0 saturated heterocycles. The molecule has 1 N–H and O–H groups in total. The minimum absolute atomic E-state index is 0.653. The predicted octanol–water partition coefficient (Wildman–Crippen LogP) is 3.73. The number of hydrogen-bond acceptors (Lipinski definition) is 4. The average molecular weight is 357 g/mol. The van der Waals surface area contributed by atoms with Crippen LogP contribution < -0.4 is 5.32 Å². The summed E-state index contributed by atoms with van der Waals surface area (Å²) in [6.07, 6.45) is 3.66. The van der Waals surface area contributed by atoms with E-state index >= 15 is 0 Å². The van der Waals surface area contributed by atoms with E-state index in [9.17, 15) is 0 Å². The second-order valence-electron chi connectivity index (χ2n) is 3.91. The lowest BCUT2D eigenvalue weighted by Crippen LogP contribution is -2.07. The zero-order chi connectivity index (χ0) is 13.0. The van der Waals surface area contributed by atoms with Gasteiger partial charge in [-0.1, -0.05) is 13.3 Å². The van der Waals surface area contributed by atoms with E-state index in [-0.39, 0.29) is 0 Å². The molecule has 2 aromatic heterocycles. The van der Waals surface area contributed by atoms with Crippen molar-refractivity contribution in [2.75, 3.05) is 11.9 Å². The third-order valence-corrected chi connectivity index (χ3v) is 3.63. The van der Waals surface area contributed by atoms with Crippen LogP contribution in [-0.4, -0.2) is 16.5 Å². The number of furan rings is 1. The SMILES string of the molecule is CCCc1nc(-c2ccco2)nc(NCC)c1I. The highest BCUT2D eigenvalue weighted by Crippen LogP contribution is 2.25. The Morgan fingerprint density at radius 3 is 2.78 bits per heavy atom. The first-order valence-electron chi connectivity index (χ1n) is 6.10. The number of aromatic nitrogens is 2. The van der Waals surface area contributed by atoms with Gasteiger partial charge in [0.15, 0.2) is 11.6 Å². The molecule has 0 spiro atoms. The van der Waals surface area contributed by atoms with Crippen molar-refractivity contribution in [2.45, 2.75) is 26.7 Å². The van der Waals surface area contributed by atoms with Crippen molar-refractivity contribution in [2.24, 2.45) is 0 Å². The van der Waals surface area contributed by atoms with E-state index in [1.807, 2.05) is 12.1 Å². The van der Waals surface area contributed by atoms with E-state index in [2.05, 4.69) is 51.7 Å². The molecule has 2 aromatic rings. The first-order valence-corrected chi connectivity index (χ1v) is 7.18. The number of hydrogen-bond donors (Lipinski definition) is 1. The highest BCUT2D eigenvalue weighted by molar-refractivity contribution is 14.1. The maximum atomic E-state index is 5.37. The van der Waals surface area contributed by atoms with Crippen molar-refractivity contribution in [3.8, 4) is 11.6 Å². The highest BCUT2D eigenvalue weighted by atomic mass is 127. The summed E-state index contributed by atoms with van der Waals surface area (Å²) in [5.74, 6) is 2.26. The van der Waals surface area contributed by atoms with E-state index in [4.69, 9.17) is 4.42 Å². The van der Waals surface area contributed by atoms with Gasteiger partial charge in [-0.25, -0.2) is 9.97 Å². The van der Waals surface area contributed by atoms with Gasteiger partial charge in [-0.2, -0.15) is 0 Å². The van der Waals surface area contributed by atoms with Crippen molar-refractivity contribution < 1.29 is 4.42 Å². The zero-order valence-electron chi connectivity index (χ0n) is 10.5. The molecular weight excluding hydrogens is 341 g/mol. The molecule has 0 fully saturated rings. The van der Waals surface area contributed by atoms with Crippen molar-refractivity contribution in [1.82, 2.24) is 9.97 Å². The lowest BCUT2D eigenvalue weighted by atomic mass is 10.2. The van der Waals surface area contributed by atoms with E-state index < -0.39 is 0 Å². The molecule has 0 aliphatic heterocycles. The highest BCUT2D eigenvalue weighted by Gasteiger charge is 2.13. The Labute approximate surface area is 120 Å². The fourth-order valence-electron chi connectivity index (χ4n) is 1.70. The summed E-state index contributed by atoms with van der Waals surface area (Å²) < 4.78 is 6.47. The number of nitrogens with one attached hydrogen (secondary N) is 1. The quantitative estimate of drug-likeness (QED) is 0.829. The lowest BCUT2D eigenvalue weighted by molar-refractivity contribution is 0.576. The molecule has 5 heteroatoms. The van der Waals surface area contributed by atoms with Crippen molar-refractivity contribution in [1.29, 1.82) is 0 Å². The third kappa shape index (κ3) is 2.82. The lowest BCUT2D eigenvalue weighted by Gasteiger charge is -2.10. The van der Waals surface area contributed by atoms with Crippen molar-refractivity contribution in [3.05, 3.63) is 27.7 Å². The molecule has 0 unspecified atom stereocenters. The van der Waals surface area contributed by atoms with Crippen LogP contribution in [0, 0.1) is 3.57 Å². The topological polar surface area (TPSA) is 51.0 Å². The summed E-state index contributed by atoms with van der Waals surface area (Å²) in [5.41, 5.74) is 1.08. The van der Waals surface area contributed by atoms with Gasteiger partial charge in [0.25, 0.3) is 0 Å². The second kappa shape index (κ2) is 6.17. The molecule has 2 rings (SSSR count). The Kier molecular flexibility index (Phi) is 4.57. The predicted molar refractivity (Wildman–Crippen MR) is 80.6 cm³/mol. The summed E-state index contributed by atoms with van der Waals surface area (Å²) in [4.78, 5) is 9.12. The van der Waals surface area contributed by atoms with Gasteiger partial charge in [-0.15, -0.1) is 0 Å². The molecule has 18 heavy (non-hydrogen) atoms. The Hall–Kier alpha value is -1.11. The molecule has 0 aliphatic carbocycles. The Balaban J connectivity index is 2.47. The van der Waals surface area contributed by atoms with Crippen LogP contribution in [0.4, 0.5) is 5.82 Å². The van der Waals surface area contributed by atoms with Crippen LogP contribution in [0.15, 0.2) is 22.8 Å². The van der Waals surface area contributed by atoms with Crippen molar-refractivity contribution in [3.63, 3.8) is 0 Å². The van der Waals surface area contributed by atoms with Crippen LogP contribution in [0.3, 0.4) is 0 Å². The van der Waals surface area contributed by atoms with Gasteiger partial charge in [0, 0.05) is 6.54 Å². The van der Waals surface area contributed by atoms with Gasteiger partial charge in [0.05, 0.1) is 15.5 Å². The Morgan fingerprint density at radius 1 is 1.33 bits per heavy atom. The first kappa shape index (κ1) is 13.3. The number of halogens is 1. The van der Waals surface area contributed by atoms with Crippen molar-refractivity contribution >= 4 is 28.4 Å². The van der Waals surface area contributed by atoms with Gasteiger partial charge < -0.3 is 9.73 Å².